The topological polar surface area (TPSA) is 49.8 Å². The first-order valence-corrected chi connectivity index (χ1v) is 13.1. The number of benzene rings is 1. The summed E-state index contributed by atoms with van der Waals surface area (Å²) in [4.78, 5) is 13.8. The largest absolute Gasteiger partial charge is 0.396 e. The van der Waals surface area contributed by atoms with Crippen molar-refractivity contribution in [2.45, 2.75) is 69.9 Å². The van der Waals surface area contributed by atoms with Crippen molar-refractivity contribution in [3.05, 3.63) is 29.8 Å². The number of aliphatic hydroxyl groups is 1. The van der Waals surface area contributed by atoms with Crippen LogP contribution in [0.4, 0.5) is 9.80 Å². The molecule has 1 aromatic rings. The van der Waals surface area contributed by atoms with Gasteiger partial charge in [-0.2, -0.15) is 0 Å². The molecule has 0 unspecified atom stereocenters. The number of hydrogen-bond donors (Lipinski definition) is 1. The van der Waals surface area contributed by atoms with Crippen LogP contribution >= 0.6 is 0 Å². The van der Waals surface area contributed by atoms with Crippen LogP contribution < -0.4 is 4.90 Å². The van der Waals surface area contributed by atoms with E-state index in [-0.39, 0.29) is 36.2 Å². The fraction of sp³-hybridized carbons (Fsp3) is 0.667. The summed E-state index contributed by atoms with van der Waals surface area (Å²) in [5.41, 5.74) is 2.09. The van der Waals surface area contributed by atoms with Gasteiger partial charge in [0.05, 0.1) is 12.2 Å². The van der Waals surface area contributed by atoms with Crippen LogP contribution in [-0.2, 0) is 16.0 Å². The summed E-state index contributed by atoms with van der Waals surface area (Å²) < 4.78 is 21.0. The Labute approximate surface area is 162 Å². The van der Waals surface area contributed by atoms with Crippen molar-refractivity contribution in [2.24, 2.45) is 5.92 Å². The zero-order valence-electron chi connectivity index (χ0n) is 16.7. The molecule has 0 saturated carbocycles. The number of ether oxygens (including phenoxy) is 1. The summed E-state index contributed by atoms with van der Waals surface area (Å²) in [6.07, 6.45) is 3.60. The molecule has 2 aliphatic rings. The molecule has 1 aromatic carbocycles. The van der Waals surface area contributed by atoms with Crippen LogP contribution in [-0.4, -0.2) is 44.8 Å². The van der Waals surface area contributed by atoms with Gasteiger partial charge in [-0.05, 0) is 62.4 Å². The van der Waals surface area contributed by atoms with Crippen molar-refractivity contribution in [1.82, 2.24) is 0 Å². The van der Waals surface area contributed by atoms with Crippen molar-refractivity contribution >= 4 is 20.0 Å². The molecule has 4 nitrogen and oxygen atoms in total. The number of aryl methyl sites for hydroxylation is 1. The maximum Gasteiger partial charge on any atom is 0.246 e. The number of hydrogen-bond acceptors (Lipinski definition) is 3. The molecule has 3 rings (SSSR count). The average Bonchev–Trinajstić information content (AvgIpc) is 3.16. The lowest BCUT2D eigenvalue weighted by Gasteiger charge is -2.28. The smallest absolute Gasteiger partial charge is 0.246 e. The molecule has 1 N–H and O–H groups in total. The highest BCUT2D eigenvalue weighted by molar-refractivity contribution is 6.72. The first-order chi connectivity index (χ1) is 12.8. The number of carbonyl (C=O) groups is 1. The second-order valence-electron chi connectivity index (χ2n) is 8.53. The molecule has 0 radical (unpaired) electrons. The van der Waals surface area contributed by atoms with E-state index in [4.69, 9.17) is 4.74 Å². The maximum atomic E-state index is 14.9. The van der Waals surface area contributed by atoms with Crippen molar-refractivity contribution in [3.8, 4) is 0 Å². The second-order valence-corrected chi connectivity index (χ2v) is 12.3. The van der Waals surface area contributed by atoms with E-state index in [1.807, 2.05) is 17.0 Å². The van der Waals surface area contributed by atoms with Gasteiger partial charge in [0.15, 0.2) is 0 Å². The summed E-state index contributed by atoms with van der Waals surface area (Å²) in [6, 6.07) is 8.18. The minimum absolute atomic E-state index is 0.0196. The van der Waals surface area contributed by atoms with Crippen LogP contribution in [0, 0.1) is 5.92 Å². The van der Waals surface area contributed by atoms with Gasteiger partial charge in [-0.3, -0.25) is 4.79 Å². The Morgan fingerprint density at radius 1 is 1.30 bits per heavy atom. The Morgan fingerprint density at radius 2 is 2.07 bits per heavy atom. The molecule has 150 valence electrons. The fourth-order valence-electron chi connectivity index (χ4n) is 4.89. The minimum atomic E-state index is -2.85. The number of nitrogens with zero attached hydrogens (tertiary/aromatic N) is 1. The molecule has 4 atom stereocenters. The predicted molar refractivity (Wildman–Crippen MR) is 108 cm³/mol. The van der Waals surface area contributed by atoms with E-state index in [2.05, 4.69) is 19.1 Å². The molecular formula is C21H32FNO3Si. The zero-order chi connectivity index (χ0) is 19.6. The highest BCUT2D eigenvalue weighted by Crippen LogP contribution is 2.46. The highest BCUT2D eigenvalue weighted by atomic mass is 28.4. The van der Waals surface area contributed by atoms with Crippen LogP contribution in [0.3, 0.4) is 0 Å². The monoisotopic (exact) mass is 393 g/mol. The molecule has 27 heavy (non-hydrogen) atoms. The van der Waals surface area contributed by atoms with E-state index in [9.17, 15) is 14.0 Å². The lowest BCUT2D eigenvalue weighted by molar-refractivity contribution is -0.117. The average molecular weight is 394 g/mol. The Balaban J connectivity index is 1.65. The lowest BCUT2D eigenvalue weighted by Crippen LogP contribution is -2.36. The zero-order valence-corrected chi connectivity index (χ0v) is 17.7. The van der Waals surface area contributed by atoms with Crippen molar-refractivity contribution in [2.75, 3.05) is 18.1 Å². The Morgan fingerprint density at radius 3 is 2.70 bits per heavy atom. The molecule has 0 aromatic heterocycles. The molecule has 2 heterocycles. The number of rotatable bonds is 7. The molecule has 6 heteroatoms. The number of halogens is 1. The van der Waals surface area contributed by atoms with Gasteiger partial charge in [0.1, 0.15) is 0 Å². The van der Waals surface area contributed by atoms with Gasteiger partial charge in [-0.1, -0.05) is 19.1 Å². The van der Waals surface area contributed by atoms with E-state index in [1.165, 1.54) is 5.56 Å². The fourth-order valence-corrected chi connectivity index (χ4v) is 7.48. The van der Waals surface area contributed by atoms with Crippen molar-refractivity contribution in [3.63, 3.8) is 0 Å². The molecule has 0 aliphatic carbocycles. The second kappa shape index (κ2) is 8.41. The number of anilines is 1. The van der Waals surface area contributed by atoms with E-state index >= 15 is 0 Å². The van der Waals surface area contributed by atoms with E-state index < -0.39 is 8.41 Å². The predicted octanol–water partition coefficient (Wildman–Crippen LogP) is 4.08. The Hall–Kier alpha value is -1.24. The summed E-state index contributed by atoms with van der Waals surface area (Å²) >= 11 is 0. The molecule has 2 saturated heterocycles. The van der Waals surface area contributed by atoms with Crippen LogP contribution in [0.5, 0.6) is 0 Å². The normalized spacial score (nSPS) is 28.9. The van der Waals surface area contributed by atoms with E-state index in [0.717, 1.165) is 31.5 Å². The number of amides is 1. The number of carbonyl (C=O) groups excluding carboxylic acids is 1. The summed E-state index contributed by atoms with van der Waals surface area (Å²) in [7, 11) is -2.85. The third-order valence-corrected chi connectivity index (χ3v) is 8.61. The first kappa shape index (κ1) is 20.5. The van der Waals surface area contributed by atoms with Crippen LogP contribution in [0.2, 0.25) is 18.6 Å². The van der Waals surface area contributed by atoms with Gasteiger partial charge >= 0.3 is 0 Å². The quantitative estimate of drug-likeness (QED) is 0.561. The van der Waals surface area contributed by atoms with Gasteiger partial charge < -0.3 is 18.9 Å². The molecule has 1 amide bonds. The van der Waals surface area contributed by atoms with E-state index in [1.54, 1.807) is 13.1 Å². The summed E-state index contributed by atoms with van der Waals surface area (Å²) in [5, 5.41) is 9.33. The Bertz CT molecular complexity index is 663. The van der Waals surface area contributed by atoms with Gasteiger partial charge in [0.2, 0.25) is 14.3 Å². The van der Waals surface area contributed by atoms with Gasteiger partial charge in [-0.25, -0.2) is 0 Å². The van der Waals surface area contributed by atoms with Crippen LogP contribution in [0.25, 0.3) is 0 Å². The maximum absolute atomic E-state index is 14.9. The molecule has 2 fully saturated rings. The summed E-state index contributed by atoms with van der Waals surface area (Å²) in [6.45, 7) is 6.44. The summed E-state index contributed by atoms with van der Waals surface area (Å²) in [5.74, 6) is 0.362. The van der Waals surface area contributed by atoms with Gasteiger partial charge in [-0.15, -0.1) is 0 Å². The number of aliphatic hydroxyl groups excluding tert-OH is 1. The van der Waals surface area contributed by atoms with Crippen LogP contribution in [0.15, 0.2) is 24.3 Å². The standard InChI is InChI=1S/C21H32FNO3Si/c1-15-18(26-19(11-13-24)21(15)27(2,3)22)10-9-16-6-4-7-17(14-16)23-12-5-8-20(23)25/h4,6-7,14-15,18-19,21,24H,5,8-13H2,1-3H3/t15-,18+,19-,21+/m1/s1. The molecule has 2 aliphatic heterocycles. The molecule has 0 spiro atoms. The molecule has 0 bridgehead atoms. The third-order valence-electron chi connectivity index (χ3n) is 6.12. The van der Waals surface area contributed by atoms with Gasteiger partial charge in [0, 0.05) is 30.8 Å². The van der Waals surface area contributed by atoms with E-state index in [0.29, 0.717) is 12.8 Å². The Kier molecular flexibility index (Phi) is 6.38. The lowest BCUT2D eigenvalue weighted by atomic mass is 9.95. The van der Waals surface area contributed by atoms with Crippen molar-refractivity contribution in [1.29, 1.82) is 0 Å². The third kappa shape index (κ3) is 4.61. The highest BCUT2D eigenvalue weighted by Gasteiger charge is 2.50. The SMILES string of the molecule is C[C@H]1[C@H]([Si](C)(C)F)[C@@H](CCO)O[C@H]1CCc1cccc(N2CCCC2=O)c1. The van der Waals surface area contributed by atoms with Crippen LogP contribution in [0.1, 0.15) is 38.2 Å². The van der Waals surface area contributed by atoms with Crippen molar-refractivity contribution < 1.29 is 18.7 Å². The van der Waals surface area contributed by atoms with Gasteiger partial charge in [0.25, 0.3) is 0 Å². The minimum Gasteiger partial charge on any atom is -0.396 e. The molecular weight excluding hydrogens is 361 g/mol. The first-order valence-electron chi connectivity index (χ1n) is 10.2.